The lowest BCUT2D eigenvalue weighted by atomic mass is 10.0. The molecule has 3 rings (SSSR count). The van der Waals surface area contributed by atoms with Gasteiger partial charge in [0, 0.05) is 17.8 Å². The van der Waals surface area contributed by atoms with Gasteiger partial charge >= 0.3 is 0 Å². The van der Waals surface area contributed by atoms with Gasteiger partial charge in [0.1, 0.15) is 10.6 Å². The van der Waals surface area contributed by atoms with Crippen LogP contribution < -0.4 is 10.6 Å². The van der Waals surface area contributed by atoms with Crippen molar-refractivity contribution >= 4 is 39.0 Å². The lowest BCUT2D eigenvalue weighted by Crippen LogP contribution is -2.38. The molecular weight excluding hydrogens is 336 g/mol. The maximum absolute atomic E-state index is 12.6. The summed E-state index contributed by atoms with van der Waals surface area (Å²) in [6.45, 7) is 4.07. The summed E-state index contributed by atoms with van der Waals surface area (Å²) in [4.78, 5) is 19.9. The highest BCUT2D eigenvalue weighted by Crippen LogP contribution is 2.30. The van der Waals surface area contributed by atoms with Crippen LogP contribution in [-0.2, 0) is 0 Å². The third-order valence-corrected chi connectivity index (χ3v) is 4.76. The monoisotopic (exact) mass is 358 g/mol. The lowest BCUT2D eigenvalue weighted by Gasteiger charge is -2.18. The fourth-order valence-electron chi connectivity index (χ4n) is 2.79. The molecule has 1 unspecified atom stereocenters. The summed E-state index contributed by atoms with van der Waals surface area (Å²) in [5.74, 6) is 0.221. The van der Waals surface area contributed by atoms with Crippen molar-refractivity contribution in [2.45, 2.75) is 26.3 Å². The quantitative estimate of drug-likeness (QED) is 0.520. The van der Waals surface area contributed by atoms with Gasteiger partial charge in [0.2, 0.25) is 0 Å². The summed E-state index contributed by atoms with van der Waals surface area (Å²) in [6, 6.07) is 5.38. The van der Waals surface area contributed by atoms with Crippen molar-refractivity contribution in [2.75, 3.05) is 11.9 Å². The van der Waals surface area contributed by atoms with E-state index in [4.69, 9.17) is 0 Å². The van der Waals surface area contributed by atoms with Gasteiger partial charge in [0.05, 0.1) is 23.9 Å². The fraction of sp³-hybridized carbons (Fsp3) is 0.333. The zero-order valence-electron chi connectivity index (χ0n) is 14.2. The van der Waals surface area contributed by atoms with Gasteiger partial charge in [-0.1, -0.05) is 13.8 Å². The summed E-state index contributed by atoms with van der Waals surface area (Å²) in [6.07, 6.45) is 4.30. The minimum atomic E-state index is -0.238. The highest BCUT2D eigenvalue weighted by Gasteiger charge is 2.18. The predicted octanol–water partition coefficient (Wildman–Crippen LogP) is 3.50. The first-order chi connectivity index (χ1) is 12.1. The number of nitrogens with zero attached hydrogens (tertiary/aromatic N) is 1. The molecule has 0 bridgehead atoms. The van der Waals surface area contributed by atoms with Gasteiger partial charge in [-0.3, -0.25) is 4.79 Å². The van der Waals surface area contributed by atoms with E-state index < -0.39 is 0 Å². The lowest BCUT2D eigenvalue weighted by molar-refractivity contribution is 0.0909. The van der Waals surface area contributed by atoms with Crippen LogP contribution in [0.4, 0.5) is 10.7 Å². The normalized spacial score (nSPS) is 12.5. The largest absolute Gasteiger partial charge is 0.394 e. The Balaban J connectivity index is 1.78. The zero-order valence-corrected chi connectivity index (χ0v) is 15.1. The van der Waals surface area contributed by atoms with Crippen molar-refractivity contribution in [1.29, 1.82) is 0 Å². The summed E-state index contributed by atoms with van der Waals surface area (Å²) < 4.78 is 0. The summed E-state index contributed by atoms with van der Waals surface area (Å²) in [7, 11) is 0. The SMILES string of the molecule is CC(C)CC(CO)NC(=O)c1ccsc1Nc1ccnc2[nH]ccc12. The third kappa shape index (κ3) is 4.00. The fourth-order valence-corrected chi connectivity index (χ4v) is 3.59. The van der Waals surface area contributed by atoms with Crippen molar-refractivity contribution < 1.29 is 9.90 Å². The number of fused-ring (bicyclic) bond motifs is 1. The Morgan fingerprint density at radius 1 is 1.36 bits per heavy atom. The molecule has 132 valence electrons. The van der Waals surface area contributed by atoms with Crippen molar-refractivity contribution in [2.24, 2.45) is 5.92 Å². The molecule has 0 spiro atoms. The molecule has 3 aromatic rings. The van der Waals surface area contributed by atoms with Crippen LogP contribution in [0.5, 0.6) is 0 Å². The molecule has 0 aromatic carbocycles. The number of H-pyrrole nitrogens is 1. The average Bonchev–Trinajstić information content (AvgIpc) is 3.23. The van der Waals surface area contributed by atoms with E-state index in [1.165, 1.54) is 11.3 Å². The van der Waals surface area contributed by atoms with Crippen molar-refractivity contribution in [3.05, 3.63) is 41.5 Å². The number of nitrogens with one attached hydrogen (secondary N) is 3. The second kappa shape index (κ2) is 7.67. The number of thiophene rings is 1. The molecule has 25 heavy (non-hydrogen) atoms. The highest BCUT2D eigenvalue weighted by molar-refractivity contribution is 7.14. The molecule has 1 amide bonds. The molecule has 0 saturated carbocycles. The molecule has 0 radical (unpaired) electrons. The first-order valence-electron chi connectivity index (χ1n) is 8.26. The second-order valence-electron chi connectivity index (χ2n) is 6.37. The van der Waals surface area contributed by atoms with E-state index in [-0.39, 0.29) is 18.6 Å². The van der Waals surface area contributed by atoms with Crippen LogP contribution in [-0.4, -0.2) is 33.6 Å². The van der Waals surface area contributed by atoms with E-state index >= 15 is 0 Å². The number of aliphatic hydroxyl groups excluding tert-OH is 1. The molecule has 1 atom stereocenters. The number of aliphatic hydroxyl groups is 1. The molecule has 0 saturated heterocycles. The Hall–Kier alpha value is -2.38. The van der Waals surface area contributed by atoms with Gasteiger partial charge in [-0.2, -0.15) is 0 Å². The topological polar surface area (TPSA) is 90.0 Å². The second-order valence-corrected chi connectivity index (χ2v) is 7.29. The van der Waals surface area contributed by atoms with Crippen molar-refractivity contribution in [1.82, 2.24) is 15.3 Å². The Bertz CT molecular complexity index is 856. The Labute approximate surface area is 150 Å². The van der Waals surface area contributed by atoms with E-state index in [0.29, 0.717) is 11.5 Å². The van der Waals surface area contributed by atoms with Crippen LogP contribution in [0.1, 0.15) is 30.6 Å². The first-order valence-corrected chi connectivity index (χ1v) is 9.14. The maximum atomic E-state index is 12.6. The number of rotatable bonds is 7. The number of hydrogen-bond acceptors (Lipinski definition) is 5. The number of carbonyl (C=O) groups is 1. The minimum Gasteiger partial charge on any atom is -0.394 e. The summed E-state index contributed by atoms with van der Waals surface area (Å²) in [5.41, 5.74) is 2.26. The molecule has 0 aliphatic carbocycles. The summed E-state index contributed by atoms with van der Waals surface area (Å²) in [5, 5.41) is 19.3. The van der Waals surface area contributed by atoms with Crippen LogP contribution in [0.15, 0.2) is 36.0 Å². The van der Waals surface area contributed by atoms with E-state index in [1.54, 1.807) is 12.3 Å². The van der Waals surface area contributed by atoms with Gasteiger partial charge in [-0.05, 0) is 35.9 Å². The maximum Gasteiger partial charge on any atom is 0.254 e. The number of pyridine rings is 1. The van der Waals surface area contributed by atoms with Crippen LogP contribution in [0.25, 0.3) is 11.0 Å². The standard InChI is InChI=1S/C18H22N4O2S/c1-11(2)9-12(10-23)21-17(24)14-5-8-25-18(14)22-15-4-7-20-16-13(15)3-6-19-16/h3-8,11-12,23H,9-10H2,1-2H3,(H,21,24)(H2,19,20,22). The molecule has 6 nitrogen and oxygen atoms in total. The van der Waals surface area contributed by atoms with Crippen LogP contribution in [0.3, 0.4) is 0 Å². The van der Waals surface area contributed by atoms with Crippen LogP contribution in [0.2, 0.25) is 0 Å². The number of carbonyl (C=O) groups excluding carboxylic acids is 1. The molecule has 0 aliphatic heterocycles. The number of anilines is 2. The predicted molar refractivity (Wildman–Crippen MR) is 101 cm³/mol. The van der Waals surface area contributed by atoms with Gasteiger partial charge in [-0.15, -0.1) is 11.3 Å². The average molecular weight is 358 g/mol. The molecule has 0 aliphatic rings. The Kier molecular flexibility index (Phi) is 5.35. The number of aromatic nitrogens is 2. The zero-order chi connectivity index (χ0) is 17.8. The molecule has 3 aromatic heterocycles. The minimum absolute atomic E-state index is 0.0643. The molecule has 7 heteroatoms. The van der Waals surface area contributed by atoms with Gasteiger partial charge in [0.25, 0.3) is 5.91 Å². The van der Waals surface area contributed by atoms with E-state index in [9.17, 15) is 9.90 Å². The molecule has 0 fully saturated rings. The smallest absolute Gasteiger partial charge is 0.254 e. The van der Waals surface area contributed by atoms with Gasteiger partial charge in [-0.25, -0.2) is 4.98 Å². The molecular formula is C18H22N4O2S. The first kappa shape index (κ1) is 17.4. The number of amides is 1. The van der Waals surface area contributed by atoms with Gasteiger partial charge in [0.15, 0.2) is 0 Å². The Morgan fingerprint density at radius 3 is 2.96 bits per heavy atom. The van der Waals surface area contributed by atoms with E-state index in [0.717, 1.165) is 28.1 Å². The van der Waals surface area contributed by atoms with Crippen LogP contribution in [0, 0.1) is 5.92 Å². The number of hydrogen-bond donors (Lipinski definition) is 4. The summed E-state index contributed by atoms with van der Waals surface area (Å²) >= 11 is 1.47. The molecule has 4 N–H and O–H groups in total. The van der Waals surface area contributed by atoms with Gasteiger partial charge < -0.3 is 20.7 Å². The third-order valence-electron chi connectivity index (χ3n) is 3.93. The highest BCUT2D eigenvalue weighted by atomic mass is 32.1. The number of aromatic amines is 1. The molecule has 3 heterocycles. The van der Waals surface area contributed by atoms with E-state index in [2.05, 4.69) is 34.4 Å². The van der Waals surface area contributed by atoms with Crippen molar-refractivity contribution in [3.63, 3.8) is 0 Å². The van der Waals surface area contributed by atoms with E-state index in [1.807, 2.05) is 23.7 Å². The Morgan fingerprint density at radius 2 is 2.20 bits per heavy atom. The van der Waals surface area contributed by atoms with Crippen LogP contribution >= 0.6 is 11.3 Å². The van der Waals surface area contributed by atoms with Crippen molar-refractivity contribution in [3.8, 4) is 0 Å².